The van der Waals surface area contributed by atoms with Crippen molar-refractivity contribution >= 4 is 34.9 Å². The average Bonchev–Trinajstić information content (AvgIpc) is 2.60. The fraction of sp³-hybridized carbons (Fsp3) is 0.231. The molecule has 0 fully saturated rings. The molecule has 1 aromatic heterocycles. The van der Waals surface area contributed by atoms with Gasteiger partial charge in [-0.1, -0.05) is 23.2 Å². The van der Waals surface area contributed by atoms with Gasteiger partial charge in [0.15, 0.2) is 0 Å². The van der Waals surface area contributed by atoms with Gasteiger partial charge in [0.05, 0.1) is 22.0 Å². The lowest BCUT2D eigenvalue weighted by molar-refractivity contribution is 0.0463. The Morgan fingerprint density at radius 1 is 1.40 bits per heavy atom. The van der Waals surface area contributed by atoms with Gasteiger partial charge in [0.25, 0.3) is 0 Å². The number of halogens is 2. The van der Waals surface area contributed by atoms with Crippen LogP contribution in [-0.4, -0.2) is 15.7 Å². The summed E-state index contributed by atoms with van der Waals surface area (Å²) in [7, 11) is 1.74. The highest BCUT2D eigenvalue weighted by molar-refractivity contribution is 6.32. The molecule has 0 saturated carbocycles. The van der Waals surface area contributed by atoms with Gasteiger partial charge in [-0.05, 0) is 25.1 Å². The first-order valence-electron chi connectivity index (χ1n) is 5.79. The summed E-state index contributed by atoms with van der Waals surface area (Å²) in [6, 6.07) is 4.56. The molecule has 0 aliphatic rings. The third-order valence-electron chi connectivity index (χ3n) is 2.76. The van der Waals surface area contributed by atoms with Crippen LogP contribution < -0.4 is 5.73 Å². The highest BCUT2D eigenvalue weighted by Crippen LogP contribution is 2.21. The number of ether oxygens (including phenoxy) is 1. The molecule has 7 heteroatoms. The Labute approximate surface area is 126 Å². The van der Waals surface area contributed by atoms with Crippen LogP contribution in [0.25, 0.3) is 0 Å². The van der Waals surface area contributed by atoms with Crippen molar-refractivity contribution in [1.82, 2.24) is 9.78 Å². The minimum absolute atomic E-state index is 0.0292. The van der Waals surface area contributed by atoms with Crippen LogP contribution in [0.5, 0.6) is 0 Å². The molecular weight excluding hydrogens is 301 g/mol. The minimum Gasteiger partial charge on any atom is -0.456 e. The van der Waals surface area contributed by atoms with Crippen molar-refractivity contribution in [3.63, 3.8) is 0 Å². The van der Waals surface area contributed by atoms with Crippen molar-refractivity contribution in [2.24, 2.45) is 7.05 Å². The van der Waals surface area contributed by atoms with Crippen LogP contribution in [-0.2, 0) is 18.4 Å². The zero-order chi connectivity index (χ0) is 14.9. The Bertz CT molecular complexity index is 648. The second kappa shape index (κ2) is 5.73. The normalized spacial score (nSPS) is 10.6. The first kappa shape index (κ1) is 14.7. The summed E-state index contributed by atoms with van der Waals surface area (Å²) in [5.41, 5.74) is 7.65. The van der Waals surface area contributed by atoms with Crippen molar-refractivity contribution in [2.45, 2.75) is 13.5 Å². The van der Waals surface area contributed by atoms with Gasteiger partial charge in [0, 0.05) is 17.8 Å². The molecule has 2 N–H and O–H groups in total. The van der Waals surface area contributed by atoms with E-state index in [2.05, 4.69) is 5.10 Å². The molecule has 0 amide bonds. The van der Waals surface area contributed by atoms with Crippen LogP contribution in [0.3, 0.4) is 0 Å². The maximum absolute atomic E-state index is 11.9. The Morgan fingerprint density at radius 3 is 2.65 bits per heavy atom. The highest BCUT2D eigenvalue weighted by atomic mass is 35.5. The predicted octanol–water partition coefficient (Wildman–Crippen LogP) is 2.97. The summed E-state index contributed by atoms with van der Waals surface area (Å²) in [6.07, 6.45) is 0. The molecule has 0 aliphatic carbocycles. The zero-order valence-electron chi connectivity index (χ0n) is 11.0. The van der Waals surface area contributed by atoms with Crippen LogP contribution in [0.15, 0.2) is 18.2 Å². The third kappa shape index (κ3) is 3.05. The second-order valence-electron chi connectivity index (χ2n) is 4.32. The standard InChI is InChI=1S/C13H13Cl2N3O2/c1-7-12(15)11(18(2)17-7)6-20-13(19)8-3-9(14)5-10(16)4-8/h3-5H,6,16H2,1-2H3. The summed E-state index contributed by atoms with van der Waals surface area (Å²) in [4.78, 5) is 11.9. The monoisotopic (exact) mass is 313 g/mol. The van der Waals surface area contributed by atoms with Crippen molar-refractivity contribution in [3.8, 4) is 0 Å². The molecule has 1 heterocycles. The van der Waals surface area contributed by atoms with E-state index < -0.39 is 5.97 Å². The van der Waals surface area contributed by atoms with E-state index in [4.69, 9.17) is 33.7 Å². The molecule has 0 unspecified atom stereocenters. The van der Waals surface area contributed by atoms with E-state index in [9.17, 15) is 4.79 Å². The number of nitrogens with zero attached hydrogens (tertiary/aromatic N) is 2. The largest absolute Gasteiger partial charge is 0.456 e. The molecule has 0 atom stereocenters. The van der Waals surface area contributed by atoms with E-state index in [1.807, 2.05) is 0 Å². The van der Waals surface area contributed by atoms with Gasteiger partial charge < -0.3 is 10.5 Å². The van der Waals surface area contributed by atoms with Gasteiger partial charge in [0.1, 0.15) is 6.61 Å². The first-order valence-corrected chi connectivity index (χ1v) is 6.55. The Balaban J connectivity index is 2.12. The summed E-state index contributed by atoms with van der Waals surface area (Å²) < 4.78 is 6.78. The molecule has 5 nitrogen and oxygen atoms in total. The number of nitrogens with two attached hydrogens (primary N) is 1. The van der Waals surface area contributed by atoms with Crippen molar-refractivity contribution in [2.75, 3.05) is 5.73 Å². The summed E-state index contributed by atoms with van der Waals surface area (Å²) >= 11 is 11.9. The summed E-state index contributed by atoms with van der Waals surface area (Å²) in [5.74, 6) is -0.519. The molecule has 106 valence electrons. The number of aryl methyl sites for hydroxylation is 2. The number of aromatic nitrogens is 2. The Morgan fingerprint density at radius 2 is 2.10 bits per heavy atom. The van der Waals surface area contributed by atoms with Gasteiger partial charge in [0.2, 0.25) is 0 Å². The van der Waals surface area contributed by atoms with Gasteiger partial charge in [-0.25, -0.2) is 4.79 Å². The fourth-order valence-corrected chi connectivity index (χ4v) is 2.24. The molecule has 0 aliphatic heterocycles. The molecule has 0 bridgehead atoms. The predicted molar refractivity (Wildman–Crippen MR) is 77.9 cm³/mol. The van der Waals surface area contributed by atoms with Crippen molar-refractivity contribution in [1.29, 1.82) is 0 Å². The third-order valence-corrected chi connectivity index (χ3v) is 3.47. The SMILES string of the molecule is Cc1nn(C)c(COC(=O)c2cc(N)cc(Cl)c2)c1Cl. The number of nitrogen functional groups attached to an aromatic ring is 1. The molecule has 1 aromatic carbocycles. The summed E-state index contributed by atoms with van der Waals surface area (Å²) in [6.45, 7) is 1.81. The number of benzene rings is 1. The average molecular weight is 314 g/mol. The zero-order valence-corrected chi connectivity index (χ0v) is 12.5. The van der Waals surface area contributed by atoms with Crippen molar-refractivity contribution < 1.29 is 9.53 Å². The molecule has 0 saturated heterocycles. The Hall–Kier alpha value is -1.72. The summed E-state index contributed by atoms with van der Waals surface area (Å²) in [5, 5.41) is 5.01. The number of carbonyl (C=O) groups excluding carboxylic acids is 1. The van der Waals surface area contributed by atoms with Gasteiger partial charge in [-0.15, -0.1) is 0 Å². The lowest BCUT2D eigenvalue weighted by Crippen LogP contribution is -2.08. The number of carbonyl (C=O) groups is 1. The van der Waals surface area contributed by atoms with Gasteiger partial charge in [-0.3, -0.25) is 4.68 Å². The van der Waals surface area contributed by atoms with E-state index in [0.29, 0.717) is 32.7 Å². The molecule has 0 spiro atoms. The van der Waals surface area contributed by atoms with Crippen molar-refractivity contribution in [3.05, 3.63) is 45.2 Å². The number of esters is 1. The smallest absolute Gasteiger partial charge is 0.338 e. The maximum Gasteiger partial charge on any atom is 0.338 e. The topological polar surface area (TPSA) is 70.1 Å². The second-order valence-corrected chi connectivity index (χ2v) is 5.13. The number of hydrogen-bond acceptors (Lipinski definition) is 4. The maximum atomic E-state index is 11.9. The van der Waals surface area contributed by atoms with Gasteiger partial charge >= 0.3 is 5.97 Å². The molecular formula is C13H13Cl2N3O2. The molecule has 20 heavy (non-hydrogen) atoms. The highest BCUT2D eigenvalue weighted by Gasteiger charge is 2.15. The van der Waals surface area contributed by atoms with Crippen LogP contribution in [0.2, 0.25) is 10.0 Å². The first-order chi connectivity index (χ1) is 9.38. The van der Waals surface area contributed by atoms with E-state index in [0.717, 1.165) is 0 Å². The lowest BCUT2D eigenvalue weighted by Gasteiger charge is -2.07. The number of rotatable bonds is 3. The fourth-order valence-electron chi connectivity index (χ4n) is 1.78. The molecule has 0 radical (unpaired) electrons. The molecule has 2 aromatic rings. The van der Waals surface area contributed by atoms with Crippen LogP contribution in [0, 0.1) is 6.92 Å². The van der Waals surface area contributed by atoms with E-state index in [-0.39, 0.29) is 6.61 Å². The quantitative estimate of drug-likeness (QED) is 0.698. The van der Waals surface area contributed by atoms with E-state index in [1.54, 1.807) is 24.7 Å². The van der Waals surface area contributed by atoms with Crippen LogP contribution in [0.4, 0.5) is 5.69 Å². The minimum atomic E-state index is -0.519. The Kier molecular flexibility index (Phi) is 4.20. The van der Waals surface area contributed by atoms with E-state index >= 15 is 0 Å². The number of anilines is 1. The van der Waals surface area contributed by atoms with Crippen LogP contribution >= 0.6 is 23.2 Å². The van der Waals surface area contributed by atoms with E-state index in [1.165, 1.54) is 12.1 Å². The lowest BCUT2D eigenvalue weighted by atomic mass is 10.2. The van der Waals surface area contributed by atoms with Gasteiger partial charge in [-0.2, -0.15) is 5.10 Å². The molecule has 2 rings (SSSR count). The van der Waals surface area contributed by atoms with Crippen LogP contribution in [0.1, 0.15) is 21.7 Å². The number of hydrogen-bond donors (Lipinski definition) is 1.